The molecule has 1 aromatic heterocycles. The molecule has 0 saturated heterocycles. The van der Waals surface area contributed by atoms with Gasteiger partial charge in [-0.2, -0.15) is 5.56 Å². The first-order valence-electron chi connectivity index (χ1n) is 4.34. The van der Waals surface area contributed by atoms with E-state index in [0.717, 1.165) is 6.42 Å². The van der Waals surface area contributed by atoms with Crippen molar-refractivity contribution in [2.45, 2.75) is 19.3 Å². The summed E-state index contributed by atoms with van der Waals surface area (Å²) in [6.45, 7) is 2.17. The summed E-state index contributed by atoms with van der Waals surface area (Å²) in [5.41, 5.74) is 2.67. The molecule has 1 aromatic rings. The Morgan fingerprint density at radius 1 is 1.12 bits per heavy atom. The van der Waals surface area contributed by atoms with Crippen molar-refractivity contribution >= 4 is 0 Å². The fraction of sp³-hybridized carbons (Fsp3) is 0.200. The van der Waals surface area contributed by atoms with Gasteiger partial charge in [0, 0.05) is 0 Å². The number of allylic oxidation sites excluding steroid dienone is 4. The van der Waals surface area contributed by atoms with Crippen molar-refractivity contribution in [1.29, 1.82) is 0 Å². The predicted octanol–water partition coefficient (Wildman–Crippen LogP) is 4.39. The van der Waals surface area contributed by atoms with E-state index in [1.165, 1.54) is 11.1 Å². The summed E-state index contributed by atoms with van der Waals surface area (Å²) in [5, 5.41) is 0. The Bertz CT molecular complexity index is 311. The molecule has 1 heterocycles. The molecule has 1 N–H and O–H groups in total. The van der Waals surface area contributed by atoms with Gasteiger partial charge in [0.05, 0.1) is 0 Å². The third kappa shape index (κ3) is 5.50. The van der Waals surface area contributed by atoms with Crippen molar-refractivity contribution in [3.63, 3.8) is 0 Å². The maximum atomic E-state index is 3.17. The molecule has 1 radical (unpaired) electrons. The van der Waals surface area contributed by atoms with Crippen LogP contribution in [-0.2, 0) is 25.9 Å². The number of H-pyrrole nitrogens is 1. The molecule has 97 valence electrons. The van der Waals surface area contributed by atoms with Crippen LogP contribution in [0.5, 0.6) is 0 Å². The molecule has 0 amide bonds. The third-order valence-corrected chi connectivity index (χ3v) is 2.26. The van der Waals surface area contributed by atoms with E-state index in [1.807, 2.05) is 6.20 Å². The summed E-state index contributed by atoms with van der Waals surface area (Å²) in [6.07, 6.45) is 14.8. The van der Waals surface area contributed by atoms with Gasteiger partial charge in [-0.05, 0) is 5.92 Å². The van der Waals surface area contributed by atoms with Crippen LogP contribution >= 0.6 is 0 Å². The maximum Gasteiger partial charge on any atom is 5.00 e. The van der Waals surface area contributed by atoms with Gasteiger partial charge in [-0.25, -0.2) is 0 Å². The number of aromatic nitrogens is 1. The molecule has 2 rings (SSSR count). The van der Waals surface area contributed by atoms with Gasteiger partial charge in [0.2, 0.25) is 0 Å². The van der Waals surface area contributed by atoms with E-state index < -0.39 is 0 Å². The van der Waals surface area contributed by atoms with Crippen LogP contribution in [0.15, 0.2) is 30.5 Å². The van der Waals surface area contributed by atoms with Crippen molar-refractivity contribution in [2.24, 2.45) is 0 Å². The first kappa shape index (κ1) is 25.3. The molecule has 2 heteroatoms. The molecule has 17 heavy (non-hydrogen) atoms. The zero-order valence-corrected chi connectivity index (χ0v) is 13.3. The van der Waals surface area contributed by atoms with E-state index >= 15 is 0 Å². The van der Waals surface area contributed by atoms with Crippen LogP contribution in [0.3, 0.4) is 0 Å². The van der Waals surface area contributed by atoms with Crippen molar-refractivity contribution in [2.75, 3.05) is 0 Å². The van der Waals surface area contributed by atoms with E-state index in [2.05, 4.69) is 42.4 Å². The molecule has 0 bridgehead atoms. The van der Waals surface area contributed by atoms with Crippen LogP contribution in [0.1, 0.15) is 24.0 Å². The fourth-order valence-electron chi connectivity index (χ4n) is 1.57. The largest absolute Gasteiger partial charge is 5.00 e. The molecule has 0 unspecified atom stereocenters. The fourth-order valence-corrected chi connectivity index (χ4v) is 1.57. The van der Waals surface area contributed by atoms with Gasteiger partial charge in [0.25, 0.3) is 0 Å². The molecule has 0 aliphatic heterocycles. The topological polar surface area (TPSA) is 15.8 Å². The van der Waals surface area contributed by atoms with Gasteiger partial charge in [0.15, 0.2) is 0 Å². The van der Waals surface area contributed by atoms with Gasteiger partial charge in [-0.3, -0.25) is 0 Å². The van der Waals surface area contributed by atoms with E-state index in [9.17, 15) is 0 Å². The average Bonchev–Trinajstić information content (AvgIpc) is 2.74. The molecule has 1 aliphatic carbocycles. The minimum atomic E-state index is 0. The molecular formula is C15H24NRu. The summed E-state index contributed by atoms with van der Waals surface area (Å²) in [5.74, 6) is 0.450. The van der Waals surface area contributed by atoms with Crippen molar-refractivity contribution in [3.8, 4) is 0 Å². The zero-order valence-electron chi connectivity index (χ0n) is 11.5. The van der Waals surface area contributed by atoms with Crippen LogP contribution in [0.25, 0.3) is 0 Å². The number of aromatic amines is 1. The molecule has 0 aromatic carbocycles. The Labute approximate surface area is 121 Å². The van der Waals surface area contributed by atoms with Gasteiger partial charge in [-0.15, -0.1) is 18.0 Å². The summed E-state index contributed by atoms with van der Waals surface area (Å²) in [7, 11) is 0. The molecule has 1 aliphatic rings. The van der Waals surface area contributed by atoms with E-state index in [1.54, 1.807) is 0 Å². The van der Waals surface area contributed by atoms with E-state index in [4.69, 9.17) is 0 Å². The predicted molar refractivity (Wildman–Crippen MR) is 75.7 cm³/mol. The zero-order chi connectivity index (χ0) is 8.39. The SMILES string of the molecule is CCc1c[nH][c-]c1C1C=CC=C1.[CH3-].[CH3-].[CH3-].[CH3-].[Ru+5]. The third-order valence-electron chi connectivity index (χ3n) is 2.26. The van der Waals surface area contributed by atoms with Gasteiger partial charge in [0.1, 0.15) is 0 Å². The Morgan fingerprint density at radius 2 is 1.65 bits per heavy atom. The van der Waals surface area contributed by atoms with Crippen molar-refractivity contribution < 1.29 is 19.5 Å². The molecular weight excluding hydrogens is 295 g/mol. The Morgan fingerprint density at radius 3 is 2.12 bits per heavy atom. The van der Waals surface area contributed by atoms with Crippen molar-refractivity contribution in [1.82, 2.24) is 4.98 Å². The number of nitrogens with one attached hydrogen (secondary N) is 1. The monoisotopic (exact) mass is 320 g/mol. The Hall–Kier alpha value is -0.617. The van der Waals surface area contributed by atoms with E-state index in [-0.39, 0.29) is 49.2 Å². The molecule has 1 nitrogen and oxygen atoms in total. The van der Waals surface area contributed by atoms with Crippen LogP contribution in [0.2, 0.25) is 0 Å². The number of hydrogen-bond acceptors (Lipinski definition) is 0. The Kier molecular flexibility index (Phi) is 17.6. The van der Waals surface area contributed by atoms with Gasteiger partial charge in [-0.1, -0.05) is 37.6 Å². The summed E-state index contributed by atoms with van der Waals surface area (Å²) in [6, 6.07) is 0. The van der Waals surface area contributed by atoms with Gasteiger partial charge >= 0.3 is 19.5 Å². The summed E-state index contributed by atoms with van der Waals surface area (Å²) < 4.78 is 0. The number of aryl methyl sites for hydroxylation is 1. The smallest absolute Gasteiger partial charge is 0.484 e. The van der Waals surface area contributed by atoms with Gasteiger partial charge < -0.3 is 34.7 Å². The van der Waals surface area contributed by atoms with Crippen molar-refractivity contribution in [3.05, 3.63) is 77.5 Å². The average molecular weight is 319 g/mol. The number of rotatable bonds is 2. The van der Waals surface area contributed by atoms with Crippen LogP contribution in [0, 0.1) is 35.9 Å². The minimum Gasteiger partial charge on any atom is -0.484 e. The normalized spacial score (nSPS) is 11.4. The second kappa shape index (κ2) is 11.9. The molecule has 0 saturated carbocycles. The summed E-state index contributed by atoms with van der Waals surface area (Å²) >= 11 is 0. The minimum absolute atomic E-state index is 0. The first-order chi connectivity index (χ1) is 5.92. The van der Waals surface area contributed by atoms with E-state index in [0.29, 0.717) is 5.92 Å². The Balaban J connectivity index is -0.000000169. The van der Waals surface area contributed by atoms with Crippen LogP contribution in [0.4, 0.5) is 0 Å². The first-order valence-corrected chi connectivity index (χ1v) is 4.34. The number of hydrogen-bond donors (Lipinski definition) is 1. The second-order valence-electron chi connectivity index (χ2n) is 3.00. The standard InChI is InChI=1S/C11H12N.4CH3.Ru/c1-2-9-7-12-8-11(9)10-5-3-4-6-10;;;;;/h3-7,10,12H,2H2,1H3;4*1H3;/q5*-1;+5. The molecule has 0 spiro atoms. The quantitative estimate of drug-likeness (QED) is 0.615. The second-order valence-corrected chi connectivity index (χ2v) is 3.00. The molecule has 0 atom stereocenters. The maximum absolute atomic E-state index is 3.17. The summed E-state index contributed by atoms with van der Waals surface area (Å²) in [4.78, 5) is 3.03. The van der Waals surface area contributed by atoms with Crippen LogP contribution < -0.4 is 0 Å². The van der Waals surface area contributed by atoms with Crippen LogP contribution in [-0.4, -0.2) is 4.98 Å². The molecule has 0 fully saturated rings.